The van der Waals surface area contributed by atoms with Gasteiger partial charge in [0.25, 0.3) is 0 Å². The summed E-state index contributed by atoms with van der Waals surface area (Å²) >= 11 is 0. The van der Waals surface area contributed by atoms with Crippen molar-refractivity contribution in [1.29, 1.82) is 0 Å². The summed E-state index contributed by atoms with van der Waals surface area (Å²) in [5, 5.41) is 3.43. The maximum absolute atomic E-state index is 5.75. The molecule has 23 heavy (non-hydrogen) atoms. The van der Waals surface area contributed by atoms with E-state index in [0.29, 0.717) is 12.5 Å². The number of hydrogen-bond donors (Lipinski definition) is 1. The topological polar surface area (TPSA) is 30.5 Å². The molecule has 1 N–H and O–H groups in total. The molecule has 0 saturated carbocycles. The maximum Gasteiger partial charge on any atom is 0.142 e. The van der Waals surface area contributed by atoms with E-state index in [0.717, 1.165) is 36.8 Å². The molecule has 3 nitrogen and oxygen atoms in total. The van der Waals surface area contributed by atoms with E-state index in [-0.39, 0.29) is 0 Å². The van der Waals surface area contributed by atoms with Crippen molar-refractivity contribution in [2.24, 2.45) is 5.92 Å². The first-order chi connectivity index (χ1) is 11.2. The molecule has 0 atom stereocenters. The van der Waals surface area contributed by atoms with Crippen LogP contribution in [0, 0.1) is 5.92 Å². The number of hydrogen-bond acceptors (Lipinski definition) is 3. The van der Waals surface area contributed by atoms with Gasteiger partial charge in [0.1, 0.15) is 11.5 Å². The lowest BCUT2D eigenvalue weighted by molar-refractivity contribution is 0.289. The number of para-hydroxylation sites is 2. The normalized spacial score (nSPS) is 10.6. The lowest BCUT2D eigenvalue weighted by atomic mass is 10.1. The molecule has 0 amide bonds. The molecule has 2 aromatic rings. The van der Waals surface area contributed by atoms with Crippen molar-refractivity contribution in [3.8, 4) is 11.5 Å². The molecule has 0 unspecified atom stereocenters. The minimum absolute atomic E-state index is 0.668. The third-order valence-corrected chi connectivity index (χ3v) is 3.56. The quantitative estimate of drug-likeness (QED) is 0.697. The second-order valence-electron chi connectivity index (χ2n) is 5.96. The molecule has 0 aromatic heterocycles. The predicted molar refractivity (Wildman–Crippen MR) is 96.3 cm³/mol. The van der Waals surface area contributed by atoms with Gasteiger partial charge in [-0.25, -0.2) is 0 Å². The minimum Gasteiger partial charge on any atom is -0.494 e. The lowest BCUT2D eigenvalue weighted by Crippen LogP contribution is -2.03. The van der Waals surface area contributed by atoms with Gasteiger partial charge in [0.05, 0.1) is 18.9 Å². The van der Waals surface area contributed by atoms with Crippen LogP contribution in [0.5, 0.6) is 11.5 Å². The Hall–Kier alpha value is -2.16. The zero-order valence-electron chi connectivity index (χ0n) is 14.3. The molecule has 0 aliphatic carbocycles. The third kappa shape index (κ3) is 5.85. The van der Waals surface area contributed by atoms with Gasteiger partial charge in [-0.2, -0.15) is 0 Å². The van der Waals surface area contributed by atoms with Crippen molar-refractivity contribution in [1.82, 2.24) is 0 Å². The first-order valence-corrected chi connectivity index (χ1v) is 8.36. The van der Waals surface area contributed by atoms with Gasteiger partial charge in [-0.3, -0.25) is 0 Å². The van der Waals surface area contributed by atoms with Crippen molar-refractivity contribution in [3.05, 3.63) is 54.1 Å². The zero-order valence-corrected chi connectivity index (χ0v) is 14.3. The summed E-state index contributed by atoms with van der Waals surface area (Å²) in [6.07, 6.45) is 1.08. The van der Waals surface area contributed by atoms with Crippen LogP contribution in [0.25, 0.3) is 0 Å². The van der Waals surface area contributed by atoms with Gasteiger partial charge >= 0.3 is 0 Å². The van der Waals surface area contributed by atoms with E-state index in [1.807, 2.05) is 43.3 Å². The summed E-state index contributed by atoms with van der Waals surface area (Å²) in [4.78, 5) is 0. The molecule has 2 aromatic carbocycles. The Balaban J connectivity index is 1.86. The summed E-state index contributed by atoms with van der Waals surface area (Å²) in [6.45, 7) is 8.61. The van der Waals surface area contributed by atoms with E-state index in [2.05, 4.69) is 31.3 Å². The number of anilines is 1. The molecular weight excluding hydrogens is 286 g/mol. The van der Waals surface area contributed by atoms with Gasteiger partial charge < -0.3 is 14.8 Å². The molecule has 124 valence electrons. The largest absolute Gasteiger partial charge is 0.494 e. The van der Waals surface area contributed by atoms with E-state index >= 15 is 0 Å². The number of ether oxygens (including phenoxy) is 2. The Kier molecular flexibility index (Phi) is 6.79. The number of rotatable bonds is 9. The zero-order chi connectivity index (χ0) is 16.5. The van der Waals surface area contributed by atoms with Crippen LogP contribution in [0.1, 0.15) is 32.8 Å². The Bertz CT molecular complexity index is 578. The molecule has 0 aliphatic heterocycles. The molecular formula is C20H27NO2. The Morgan fingerprint density at radius 3 is 2.39 bits per heavy atom. The van der Waals surface area contributed by atoms with E-state index in [9.17, 15) is 0 Å². The van der Waals surface area contributed by atoms with Crippen LogP contribution >= 0.6 is 0 Å². The van der Waals surface area contributed by atoms with Gasteiger partial charge in [-0.1, -0.05) is 38.1 Å². The Morgan fingerprint density at radius 1 is 0.957 bits per heavy atom. The Morgan fingerprint density at radius 2 is 1.70 bits per heavy atom. The standard InChI is InChI=1S/C20H27NO2/c1-4-22-20-8-6-5-7-19(20)21-15-17-9-11-18(12-10-17)23-14-13-16(2)3/h5-12,16,21H,4,13-15H2,1-3H3. The van der Waals surface area contributed by atoms with Crippen LogP contribution in [0.3, 0.4) is 0 Å². The van der Waals surface area contributed by atoms with Crippen LogP contribution < -0.4 is 14.8 Å². The second kappa shape index (κ2) is 9.09. The van der Waals surface area contributed by atoms with Gasteiger partial charge in [0, 0.05) is 6.54 Å². The maximum atomic E-state index is 5.75. The summed E-state index contributed by atoms with van der Waals surface area (Å²) in [5.41, 5.74) is 2.24. The predicted octanol–water partition coefficient (Wildman–Crippen LogP) is 5.12. The lowest BCUT2D eigenvalue weighted by Gasteiger charge is -2.13. The average molecular weight is 313 g/mol. The average Bonchev–Trinajstić information content (AvgIpc) is 2.55. The highest BCUT2D eigenvalue weighted by atomic mass is 16.5. The van der Waals surface area contributed by atoms with Crippen molar-refractivity contribution in [3.63, 3.8) is 0 Å². The first-order valence-electron chi connectivity index (χ1n) is 8.36. The SMILES string of the molecule is CCOc1ccccc1NCc1ccc(OCCC(C)C)cc1. The molecule has 0 saturated heterocycles. The van der Waals surface area contributed by atoms with Crippen LogP contribution in [0.4, 0.5) is 5.69 Å². The molecule has 0 bridgehead atoms. The highest BCUT2D eigenvalue weighted by Gasteiger charge is 2.02. The molecule has 0 aliphatic rings. The summed E-state index contributed by atoms with van der Waals surface area (Å²) in [6, 6.07) is 16.3. The van der Waals surface area contributed by atoms with Crippen LogP contribution in [0.2, 0.25) is 0 Å². The fraction of sp³-hybridized carbons (Fsp3) is 0.400. The van der Waals surface area contributed by atoms with Gasteiger partial charge in [0.2, 0.25) is 0 Å². The van der Waals surface area contributed by atoms with Crippen molar-refractivity contribution >= 4 is 5.69 Å². The fourth-order valence-electron chi connectivity index (χ4n) is 2.21. The third-order valence-electron chi connectivity index (χ3n) is 3.56. The van der Waals surface area contributed by atoms with Crippen LogP contribution in [0.15, 0.2) is 48.5 Å². The molecule has 0 heterocycles. The van der Waals surface area contributed by atoms with Gasteiger partial charge in [0.15, 0.2) is 0 Å². The fourth-order valence-corrected chi connectivity index (χ4v) is 2.21. The van der Waals surface area contributed by atoms with E-state index < -0.39 is 0 Å². The molecule has 2 rings (SSSR count). The second-order valence-corrected chi connectivity index (χ2v) is 5.96. The summed E-state index contributed by atoms with van der Waals surface area (Å²) in [5.74, 6) is 2.50. The van der Waals surface area contributed by atoms with E-state index in [1.165, 1.54) is 5.56 Å². The minimum atomic E-state index is 0.668. The van der Waals surface area contributed by atoms with Crippen LogP contribution in [-0.4, -0.2) is 13.2 Å². The van der Waals surface area contributed by atoms with Crippen molar-refractivity contribution < 1.29 is 9.47 Å². The van der Waals surface area contributed by atoms with Gasteiger partial charge in [-0.15, -0.1) is 0 Å². The van der Waals surface area contributed by atoms with Crippen molar-refractivity contribution in [2.75, 3.05) is 18.5 Å². The number of nitrogens with one attached hydrogen (secondary N) is 1. The molecule has 0 spiro atoms. The van der Waals surface area contributed by atoms with E-state index in [1.54, 1.807) is 0 Å². The summed E-state index contributed by atoms with van der Waals surface area (Å²) in [7, 11) is 0. The molecule has 0 radical (unpaired) electrons. The van der Waals surface area contributed by atoms with Crippen LogP contribution in [-0.2, 0) is 6.54 Å². The van der Waals surface area contributed by atoms with Gasteiger partial charge in [-0.05, 0) is 49.1 Å². The number of benzene rings is 2. The van der Waals surface area contributed by atoms with Crippen molar-refractivity contribution in [2.45, 2.75) is 33.7 Å². The highest BCUT2D eigenvalue weighted by molar-refractivity contribution is 5.56. The monoisotopic (exact) mass is 313 g/mol. The summed E-state index contributed by atoms with van der Waals surface area (Å²) < 4.78 is 11.4. The molecule has 0 fully saturated rings. The van der Waals surface area contributed by atoms with E-state index in [4.69, 9.17) is 9.47 Å². The highest BCUT2D eigenvalue weighted by Crippen LogP contribution is 2.24. The smallest absolute Gasteiger partial charge is 0.142 e. The first kappa shape index (κ1) is 17.2. The molecule has 3 heteroatoms. The Labute approximate surface area is 139 Å².